The van der Waals surface area contributed by atoms with Gasteiger partial charge in [-0.15, -0.1) is 0 Å². The summed E-state index contributed by atoms with van der Waals surface area (Å²) in [5.74, 6) is 0. The Kier molecular flexibility index (Phi) is 6.73. The Morgan fingerprint density at radius 3 is 2.09 bits per heavy atom. The predicted molar refractivity (Wildman–Crippen MR) is 45.4 cm³/mol. The molecule has 0 N–H and O–H groups in total. The monoisotopic (exact) mass is 156 g/mol. The molecule has 1 rings (SSSR count). The minimum absolute atomic E-state index is 0.844. The van der Waals surface area contributed by atoms with Crippen LogP contribution in [-0.4, -0.2) is 22.8 Å². The lowest BCUT2D eigenvalue weighted by atomic mass is 10.8. The quantitative estimate of drug-likeness (QED) is 0.648. The molecule has 11 heavy (non-hydrogen) atoms. The maximum Gasteiger partial charge on any atom is 0.0943 e. The van der Waals surface area contributed by atoms with Gasteiger partial charge in [0.15, 0.2) is 0 Å². The topological polar surface area (TPSA) is 27.1 Å². The Labute approximate surface area is 68.0 Å². The van der Waals surface area contributed by atoms with E-state index in [1.807, 2.05) is 31.7 Å². The Balaban J connectivity index is 0.000000187. The van der Waals surface area contributed by atoms with Gasteiger partial charge in [-0.3, -0.25) is 0 Å². The molecule has 0 spiro atoms. The molecule has 0 aromatic carbocycles. The fourth-order valence-electron chi connectivity index (χ4n) is 0.530. The van der Waals surface area contributed by atoms with Crippen LogP contribution in [0.1, 0.15) is 13.8 Å². The summed E-state index contributed by atoms with van der Waals surface area (Å²) in [7, 11) is 1.94. The molecule has 0 fully saturated rings. The van der Waals surface area contributed by atoms with Crippen LogP contribution in [0.5, 0.6) is 0 Å². The summed E-state index contributed by atoms with van der Waals surface area (Å²) in [5, 5.41) is 0. The van der Waals surface area contributed by atoms with Gasteiger partial charge in [-0.1, -0.05) is 0 Å². The average Bonchev–Trinajstić information content (AvgIpc) is 2.43. The molecule has 0 bridgehead atoms. The molecule has 1 heterocycles. The van der Waals surface area contributed by atoms with Gasteiger partial charge < -0.3 is 9.30 Å². The molecular weight excluding hydrogens is 140 g/mol. The van der Waals surface area contributed by atoms with Gasteiger partial charge >= 0.3 is 0 Å². The van der Waals surface area contributed by atoms with Crippen LogP contribution in [0.4, 0.5) is 0 Å². The predicted octanol–water partition coefficient (Wildman–Crippen LogP) is 1.46. The van der Waals surface area contributed by atoms with Crippen LogP contribution in [0.25, 0.3) is 0 Å². The van der Waals surface area contributed by atoms with Gasteiger partial charge in [-0.25, -0.2) is 4.98 Å². The molecule has 0 unspecified atom stereocenters. The van der Waals surface area contributed by atoms with E-state index in [1.165, 1.54) is 0 Å². The van der Waals surface area contributed by atoms with E-state index >= 15 is 0 Å². The van der Waals surface area contributed by atoms with Crippen molar-refractivity contribution in [1.29, 1.82) is 0 Å². The Morgan fingerprint density at radius 1 is 1.36 bits per heavy atom. The summed E-state index contributed by atoms with van der Waals surface area (Å²) in [6, 6.07) is 0. The third kappa shape index (κ3) is 7.06. The molecule has 0 saturated carbocycles. The van der Waals surface area contributed by atoms with Crippen LogP contribution in [0, 0.1) is 0 Å². The van der Waals surface area contributed by atoms with Gasteiger partial charge in [0.05, 0.1) is 6.33 Å². The standard InChI is InChI=1S/C4H6N2.C4H10O/c1-6-3-2-5-4-6;1-3-5-4-2/h2-4H,1H3;3-4H2,1-2H3. The first kappa shape index (κ1) is 10.2. The SMILES string of the molecule is CCOCC.Cn1ccnc1. The molecule has 0 aliphatic rings. The van der Waals surface area contributed by atoms with Crippen LogP contribution in [0.3, 0.4) is 0 Å². The van der Waals surface area contributed by atoms with Crippen molar-refractivity contribution < 1.29 is 4.74 Å². The van der Waals surface area contributed by atoms with Crippen molar-refractivity contribution in [2.45, 2.75) is 13.8 Å². The van der Waals surface area contributed by atoms with Gasteiger partial charge in [0.25, 0.3) is 0 Å². The maximum atomic E-state index is 4.83. The third-order valence-corrected chi connectivity index (χ3v) is 1.04. The van der Waals surface area contributed by atoms with Crippen molar-refractivity contribution in [1.82, 2.24) is 9.55 Å². The van der Waals surface area contributed by atoms with Crippen molar-refractivity contribution in [3.8, 4) is 0 Å². The summed E-state index contributed by atoms with van der Waals surface area (Å²) in [6.45, 7) is 5.67. The summed E-state index contributed by atoms with van der Waals surface area (Å²) in [5.41, 5.74) is 0. The first-order valence-electron chi connectivity index (χ1n) is 3.80. The molecule has 3 nitrogen and oxygen atoms in total. The number of rotatable bonds is 2. The van der Waals surface area contributed by atoms with E-state index in [4.69, 9.17) is 4.74 Å². The van der Waals surface area contributed by atoms with Crippen LogP contribution < -0.4 is 0 Å². The van der Waals surface area contributed by atoms with Gasteiger partial charge in [0, 0.05) is 32.7 Å². The van der Waals surface area contributed by atoms with Gasteiger partial charge in [0.2, 0.25) is 0 Å². The van der Waals surface area contributed by atoms with Gasteiger partial charge in [0.1, 0.15) is 0 Å². The normalized spacial score (nSPS) is 8.64. The molecule has 1 aromatic rings. The highest BCUT2D eigenvalue weighted by molar-refractivity contribution is 4.70. The highest BCUT2D eigenvalue weighted by Crippen LogP contribution is 1.73. The number of hydrogen-bond acceptors (Lipinski definition) is 2. The fourth-order valence-corrected chi connectivity index (χ4v) is 0.530. The zero-order valence-electron chi connectivity index (χ0n) is 7.45. The van der Waals surface area contributed by atoms with Crippen molar-refractivity contribution in [3.05, 3.63) is 18.7 Å². The number of aromatic nitrogens is 2. The van der Waals surface area contributed by atoms with Crippen LogP contribution in [-0.2, 0) is 11.8 Å². The maximum absolute atomic E-state index is 4.83. The van der Waals surface area contributed by atoms with E-state index < -0.39 is 0 Å². The lowest BCUT2D eigenvalue weighted by molar-refractivity contribution is 0.162. The summed E-state index contributed by atoms with van der Waals surface area (Å²) < 4.78 is 6.72. The lowest BCUT2D eigenvalue weighted by Crippen LogP contribution is -1.84. The first-order valence-corrected chi connectivity index (χ1v) is 3.80. The number of aryl methyl sites for hydroxylation is 1. The van der Waals surface area contributed by atoms with Crippen molar-refractivity contribution in [2.75, 3.05) is 13.2 Å². The molecule has 64 valence electrons. The molecule has 0 atom stereocenters. The zero-order valence-corrected chi connectivity index (χ0v) is 7.45. The summed E-state index contributed by atoms with van der Waals surface area (Å²) in [4.78, 5) is 3.78. The first-order chi connectivity index (χ1) is 5.31. The Morgan fingerprint density at radius 2 is 2.00 bits per heavy atom. The highest BCUT2D eigenvalue weighted by atomic mass is 16.5. The summed E-state index contributed by atoms with van der Waals surface area (Å²) in [6.07, 6.45) is 5.39. The number of nitrogens with zero attached hydrogens (tertiary/aromatic N) is 2. The molecule has 0 aliphatic carbocycles. The van der Waals surface area contributed by atoms with Crippen molar-refractivity contribution in [2.24, 2.45) is 7.05 Å². The van der Waals surface area contributed by atoms with E-state index in [9.17, 15) is 0 Å². The molecule has 3 heteroatoms. The van der Waals surface area contributed by atoms with E-state index in [-0.39, 0.29) is 0 Å². The fraction of sp³-hybridized carbons (Fsp3) is 0.625. The number of ether oxygens (including phenoxy) is 1. The molecule has 0 aliphatic heterocycles. The summed E-state index contributed by atoms with van der Waals surface area (Å²) >= 11 is 0. The molecule has 0 saturated heterocycles. The zero-order chi connectivity index (χ0) is 8.53. The van der Waals surface area contributed by atoms with Crippen LogP contribution in [0.2, 0.25) is 0 Å². The second-order valence-corrected chi connectivity index (χ2v) is 2.01. The van der Waals surface area contributed by atoms with E-state index in [1.54, 1.807) is 12.5 Å². The van der Waals surface area contributed by atoms with E-state index in [2.05, 4.69) is 4.98 Å². The molecular formula is C8H16N2O. The van der Waals surface area contributed by atoms with Crippen molar-refractivity contribution >= 4 is 0 Å². The Bertz CT molecular complexity index is 147. The van der Waals surface area contributed by atoms with Gasteiger partial charge in [-0.2, -0.15) is 0 Å². The lowest BCUT2D eigenvalue weighted by Gasteiger charge is -1.86. The smallest absolute Gasteiger partial charge is 0.0943 e. The largest absolute Gasteiger partial charge is 0.382 e. The average molecular weight is 156 g/mol. The van der Waals surface area contributed by atoms with Gasteiger partial charge in [-0.05, 0) is 13.8 Å². The van der Waals surface area contributed by atoms with Crippen LogP contribution >= 0.6 is 0 Å². The minimum atomic E-state index is 0.844. The van der Waals surface area contributed by atoms with E-state index in [0.29, 0.717) is 0 Å². The number of imidazole rings is 1. The molecule has 0 amide bonds. The highest BCUT2D eigenvalue weighted by Gasteiger charge is 1.69. The molecule has 1 aromatic heterocycles. The number of hydrogen-bond donors (Lipinski definition) is 0. The minimum Gasteiger partial charge on any atom is -0.382 e. The van der Waals surface area contributed by atoms with Crippen molar-refractivity contribution in [3.63, 3.8) is 0 Å². The molecule has 0 radical (unpaired) electrons. The third-order valence-electron chi connectivity index (χ3n) is 1.04. The second kappa shape index (κ2) is 7.28. The van der Waals surface area contributed by atoms with Crippen LogP contribution in [0.15, 0.2) is 18.7 Å². The second-order valence-electron chi connectivity index (χ2n) is 2.01. The Hall–Kier alpha value is -0.830. The van der Waals surface area contributed by atoms with E-state index in [0.717, 1.165) is 13.2 Å².